The maximum atomic E-state index is 5.39. The molecule has 2 nitrogen and oxygen atoms in total. The van der Waals surface area contributed by atoms with Gasteiger partial charge >= 0.3 is 0 Å². The van der Waals surface area contributed by atoms with E-state index in [1.54, 1.807) is 7.11 Å². The molecule has 1 aliphatic rings. The number of allylic oxidation sites excluding steroid dienone is 1. The molecular formula is C10H12BrNO. The summed E-state index contributed by atoms with van der Waals surface area (Å²) < 4.78 is 8.56. The smallest absolute Gasteiger partial charge is 0.141 e. The zero-order chi connectivity index (χ0) is 9.42. The van der Waals surface area contributed by atoms with Gasteiger partial charge in [0, 0.05) is 7.05 Å². The fraction of sp³-hybridized carbons (Fsp3) is 0.400. The van der Waals surface area contributed by atoms with Gasteiger partial charge in [-0.1, -0.05) is 0 Å². The van der Waals surface area contributed by atoms with Crippen LogP contribution in [0.4, 0.5) is 0 Å². The molecule has 0 aromatic carbocycles. The lowest BCUT2D eigenvalue weighted by Crippen LogP contribution is -1.97. The van der Waals surface area contributed by atoms with Crippen molar-refractivity contribution in [2.24, 2.45) is 7.05 Å². The van der Waals surface area contributed by atoms with Crippen LogP contribution in [0.15, 0.2) is 22.3 Å². The van der Waals surface area contributed by atoms with Crippen molar-refractivity contribution in [3.63, 3.8) is 0 Å². The summed E-state index contributed by atoms with van der Waals surface area (Å²) in [6.45, 7) is 0. The lowest BCUT2D eigenvalue weighted by Gasteiger charge is -2.07. The van der Waals surface area contributed by atoms with E-state index in [0.717, 1.165) is 16.1 Å². The van der Waals surface area contributed by atoms with E-state index in [0.29, 0.717) is 0 Å². The Hall–Kier alpha value is -0.700. The van der Waals surface area contributed by atoms with Gasteiger partial charge in [-0.25, -0.2) is 0 Å². The van der Waals surface area contributed by atoms with Gasteiger partial charge in [0.1, 0.15) is 5.76 Å². The minimum absolute atomic E-state index is 1.05. The van der Waals surface area contributed by atoms with Crippen molar-refractivity contribution >= 4 is 21.7 Å². The zero-order valence-corrected chi connectivity index (χ0v) is 9.39. The molecule has 0 saturated heterocycles. The number of hydrogen-bond donors (Lipinski definition) is 0. The van der Waals surface area contributed by atoms with E-state index in [2.05, 4.69) is 26.6 Å². The molecule has 0 N–H and O–H groups in total. The number of nitrogens with zero attached hydrogens (tertiary/aromatic N) is 1. The van der Waals surface area contributed by atoms with Crippen LogP contribution in [0.3, 0.4) is 0 Å². The van der Waals surface area contributed by atoms with Crippen LogP contribution in [0.5, 0.6) is 0 Å². The molecule has 0 radical (unpaired) electrons. The van der Waals surface area contributed by atoms with Crippen molar-refractivity contribution in [1.82, 2.24) is 4.57 Å². The average molecular weight is 242 g/mol. The van der Waals surface area contributed by atoms with Crippen LogP contribution in [-0.2, 0) is 11.8 Å². The van der Waals surface area contributed by atoms with E-state index in [1.807, 2.05) is 13.1 Å². The Morgan fingerprint density at radius 2 is 2.15 bits per heavy atom. The summed E-state index contributed by atoms with van der Waals surface area (Å²) in [5, 5.41) is 0. The Bertz CT molecular complexity index is 359. The second-order valence-electron chi connectivity index (χ2n) is 3.24. The number of halogens is 1. The fourth-order valence-electron chi connectivity index (χ4n) is 1.43. The van der Waals surface area contributed by atoms with Gasteiger partial charge in [0.25, 0.3) is 0 Å². The molecule has 1 aromatic heterocycles. The van der Waals surface area contributed by atoms with Gasteiger partial charge in [0.2, 0.25) is 0 Å². The standard InChI is InChI=1S/C10H12BrNO/c1-12-8(5-6-9(12)11)10(13-2)7-3-4-7/h5-6H,3-4H2,1-2H3. The van der Waals surface area contributed by atoms with Crippen molar-refractivity contribution < 1.29 is 4.74 Å². The Morgan fingerprint density at radius 3 is 2.54 bits per heavy atom. The minimum Gasteiger partial charge on any atom is -0.495 e. The maximum Gasteiger partial charge on any atom is 0.141 e. The van der Waals surface area contributed by atoms with Crippen LogP contribution in [0, 0.1) is 0 Å². The van der Waals surface area contributed by atoms with E-state index >= 15 is 0 Å². The first kappa shape index (κ1) is 8.88. The van der Waals surface area contributed by atoms with Crippen LogP contribution in [0.1, 0.15) is 18.5 Å². The van der Waals surface area contributed by atoms with E-state index in [4.69, 9.17) is 4.74 Å². The van der Waals surface area contributed by atoms with Gasteiger partial charge < -0.3 is 9.30 Å². The molecular weight excluding hydrogens is 230 g/mol. The molecule has 0 unspecified atom stereocenters. The summed E-state index contributed by atoms with van der Waals surface area (Å²) >= 11 is 3.47. The zero-order valence-electron chi connectivity index (χ0n) is 7.80. The van der Waals surface area contributed by atoms with Gasteiger partial charge in [0.05, 0.1) is 17.4 Å². The molecule has 2 rings (SSSR count). The number of methoxy groups -OCH3 is 1. The van der Waals surface area contributed by atoms with Crippen LogP contribution in [0.2, 0.25) is 0 Å². The quantitative estimate of drug-likeness (QED) is 0.727. The van der Waals surface area contributed by atoms with E-state index in [-0.39, 0.29) is 0 Å². The molecule has 0 amide bonds. The van der Waals surface area contributed by atoms with Gasteiger partial charge in [-0.05, 0) is 46.5 Å². The first-order valence-corrected chi connectivity index (χ1v) is 5.11. The van der Waals surface area contributed by atoms with Gasteiger partial charge in [-0.15, -0.1) is 0 Å². The minimum atomic E-state index is 1.05. The van der Waals surface area contributed by atoms with Crippen molar-refractivity contribution in [1.29, 1.82) is 0 Å². The highest BCUT2D eigenvalue weighted by molar-refractivity contribution is 9.10. The Kier molecular flexibility index (Phi) is 2.20. The highest BCUT2D eigenvalue weighted by Gasteiger charge is 2.21. The second-order valence-corrected chi connectivity index (χ2v) is 4.05. The first-order valence-electron chi connectivity index (χ1n) is 4.31. The van der Waals surface area contributed by atoms with Crippen molar-refractivity contribution in [2.75, 3.05) is 7.11 Å². The summed E-state index contributed by atoms with van der Waals surface area (Å²) in [5.74, 6) is 1.05. The molecule has 13 heavy (non-hydrogen) atoms. The van der Waals surface area contributed by atoms with E-state index in [1.165, 1.54) is 18.4 Å². The van der Waals surface area contributed by atoms with Crippen molar-refractivity contribution in [3.05, 3.63) is 28.0 Å². The van der Waals surface area contributed by atoms with Crippen LogP contribution < -0.4 is 0 Å². The summed E-state index contributed by atoms with van der Waals surface area (Å²) in [7, 11) is 3.77. The normalized spacial score (nSPS) is 14.5. The van der Waals surface area contributed by atoms with Crippen molar-refractivity contribution in [3.8, 4) is 0 Å². The number of hydrogen-bond acceptors (Lipinski definition) is 1. The number of rotatable bonds is 2. The average Bonchev–Trinajstić information content (AvgIpc) is 2.89. The molecule has 1 aliphatic carbocycles. The van der Waals surface area contributed by atoms with Crippen LogP contribution in [-0.4, -0.2) is 11.7 Å². The molecule has 0 bridgehead atoms. The van der Waals surface area contributed by atoms with Crippen LogP contribution in [0.25, 0.3) is 5.76 Å². The Labute approximate surface area is 86.3 Å². The summed E-state index contributed by atoms with van der Waals surface area (Å²) in [6.07, 6.45) is 2.37. The third kappa shape index (κ3) is 1.53. The predicted molar refractivity (Wildman–Crippen MR) is 56.3 cm³/mol. The number of ether oxygens (including phenoxy) is 1. The molecule has 1 fully saturated rings. The molecule has 1 saturated carbocycles. The fourth-order valence-corrected chi connectivity index (χ4v) is 1.76. The van der Waals surface area contributed by atoms with Crippen LogP contribution >= 0.6 is 15.9 Å². The topological polar surface area (TPSA) is 14.2 Å². The van der Waals surface area contributed by atoms with Gasteiger partial charge in [0.15, 0.2) is 0 Å². The largest absolute Gasteiger partial charge is 0.495 e. The van der Waals surface area contributed by atoms with Gasteiger partial charge in [-0.2, -0.15) is 0 Å². The number of aromatic nitrogens is 1. The first-order chi connectivity index (χ1) is 6.24. The third-order valence-electron chi connectivity index (χ3n) is 2.32. The molecule has 0 aliphatic heterocycles. The summed E-state index contributed by atoms with van der Waals surface area (Å²) in [4.78, 5) is 0. The van der Waals surface area contributed by atoms with Gasteiger partial charge in [-0.3, -0.25) is 0 Å². The monoisotopic (exact) mass is 241 g/mol. The summed E-state index contributed by atoms with van der Waals surface area (Å²) in [5.41, 5.74) is 2.58. The molecule has 70 valence electrons. The van der Waals surface area contributed by atoms with E-state index in [9.17, 15) is 0 Å². The highest BCUT2D eigenvalue weighted by Crippen LogP contribution is 2.37. The Balaban J connectivity index is 2.44. The van der Waals surface area contributed by atoms with Crippen molar-refractivity contribution in [2.45, 2.75) is 12.8 Å². The molecule has 1 heterocycles. The lowest BCUT2D eigenvalue weighted by molar-refractivity contribution is 0.365. The molecule has 0 spiro atoms. The second kappa shape index (κ2) is 3.22. The molecule has 1 aromatic rings. The third-order valence-corrected chi connectivity index (χ3v) is 3.11. The van der Waals surface area contributed by atoms with E-state index < -0.39 is 0 Å². The predicted octanol–water partition coefficient (Wildman–Crippen LogP) is 2.94. The highest BCUT2D eigenvalue weighted by atomic mass is 79.9. The molecule has 0 atom stereocenters. The maximum absolute atomic E-state index is 5.39. The SMILES string of the molecule is COC(=C1CC1)c1ccc(Br)n1C. The Morgan fingerprint density at radius 1 is 1.46 bits per heavy atom. The molecule has 3 heteroatoms. The summed E-state index contributed by atoms with van der Waals surface area (Å²) in [6, 6.07) is 4.12. The lowest BCUT2D eigenvalue weighted by atomic mass is 10.3.